The van der Waals surface area contributed by atoms with Crippen molar-refractivity contribution in [1.82, 2.24) is 0 Å². The fourth-order valence-electron chi connectivity index (χ4n) is 0.863. The van der Waals surface area contributed by atoms with E-state index in [9.17, 15) is 13.3 Å². The van der Waals surface area contributed by atoms with E-state index in [2.05, 4.69) is 4.74 Å². The number of halogens is 3. The number of para-hydroxylation sites is 1. The van der Waals surface area contributed by atoms with Gasteiger partial charge in [0, 0.05) is 0 Å². The Morgan fingerprint density at radius 1 is 1.50 bits per heavy atom. The van der Waals surface area contributed by atoms with E-state index in [1.807, 2.05) is 0 Å². The first kappa shape index (κ1) is 11.4. The van der Waals surface area contributed by atoms with Gasteiger partial charge in [-0.25, -0.2) is 0 Å². The lowest BCUT2D eigenvalue weighted by atomic mass is 10.3. The third-order valence-corrected chi connectivity index (χ3v) is 2.62. The monoisotopic (exact) mass is 241 g/mol. The SMILES string of the molecule is Nc1c(OC(F)F)cccc1[S+]([O-])Cl. The van der Waals surface area contributed by atoms with Crippen LogP contribution in [0.2, 0.25) is 0 Å². The Labute approximate surface area is 86.5 Å². The largest absolute Gasteiger partial charge is 0.594 e. The van der Waals surface area contributed by atoms with E-state index in [0.717, 1.165) is 0 Å². The van der Waals surface area contributed by atoms with Crippen LogP contribution in [-0.4, -0.2) is 11.2 Å². The van der Waals surface area contributed by atoms with Gasteiger partial charge in [0.1, 0.15) is 16.1 Å². The number of anilines is 1. The van der Waals surface area contributed by atoms with Gasteiger partial charge in [-0.3, -0.25) is 0 Å². The summed E-state index contributed by atoms with van der Waals surface area (Å²) in [6, 6.07) is 4.00. The maximum atomic E-state index is 11.8. The van der Waals surface area contributed by atoms with Gasteiger partial charge < -0.3 is 15.0 Å². The van der Waals surface area contributed by atoms with Gasteiger partial charge in [-0.05, 0) is 12.1 Å². The summed E-state index contributed by atoms with van der Waals surface area (Å²) >= 11 is 0. The van der Waals surface area contributed by atoms with Crippen LogP contribution >= 0.6 is 10.7 Å². The van der Waals surface area contributed by atoms with Crippen molar-refractivity contribution in [2.45, 2.75) is 11.5 Å². The molecule has 0 amide bonds. The summed E-state index contributed by atoms with van der Waals surface area (Å²) in [6.07, 6.45) is 0. The van der Waals surface area contributed by atoms with Crippen molar-refractivity contribution in [3.63, 3.8) is 0 Å². The van der Waals surface area contributed by atoms with E-state index in [4.69, 9.17) is 16.4 Å². The average molecular weight is 242 g/mol. The lowest BCUT2D eigenvalue weighted by Crippen LogP contribution is -2.06. The molecule has 78 valence electrons. The summed E-state index contributed by atoms with van der Waals surface area (Å²) in [7, 11) is 3.42. The van der Waals surface area contributed by atoms with Crippen LogP contribution in [0.5, 0.6) is 5.75 Å². The Morgan fingerprint density at radius 3 is 2.64 bits per heavy atom. The zero-order valence-electron chi connectivity index (χ0n) is 6.75. The van der Waals surface area contributed by atoms with E-state index in [0.29, 0.717) is 0 Å². The molecule has 2 N–H and O–H groups in total. The molecule has 1 atom stereocenters. The molecule has 0 aromatic heterocycles. The highest BCUT2D eigenvalue weighted by molar-refractivity contribution is 8.13. The molecule has 0 radical (unpaired) electrons. The zero-order chi connectivity index (χ0) is 10.7. The van der Waals surface area contributed by atoms with Crippen LogP contribution < -0.4 is 10.5 Å². The Morgan fingerprint density at radius 2 is 2.14 bits per heavy atom. The molecule has 3 nitrogen and oxygen atoms in total. The van der Waals surface area contributed by atoms with Gasteiger partial charge in [0.15, 0.2) is 21.3 Å². The normalized spacial score (nSPS) is 12.9. The van der Waals surface area contributed by atoms with E-state index >= 15 is 0 Å². The van der Waals surface area contributed by atoms with Crippen LogP contribution in [0.25, 0.3) is 0 Å². The molecule has 7 heteroatoms. The molecule has 0 fully saturated rings. The van der Waals surface area contributed by atoms with Crippen LogP contribution in [0.3, 0.4) is 0 Å². The summed E-state index contributed by atoms with van der Waals surface area (Å²) in [5.74, 6) is -0.230. The second kappa shape index (κ2) is 4.68. The molecule has 0 aliphatic rings. The zero-order valence-corrected chi connectivity index (χ0v) is 8.32. The number of hydrogen-bond acceptors (Lipinski definition) is 3. The molecule has 1 aromatic rings. The Kier molecular flexibility index (Phi) is 3.79. The molecule has 0 saturated heterocycles. The summed E-state index contributed by atoms with van der Waals surface area (Å²) in [6.45, 7) is -2.98. The smallest absolute Gasteiger partial charge is 0.387 e. The molecule has 0 bridgehead atoms. The van der Waals surface area contributed by atoms with Gasteiger partial charge in [-0.15, -0.1) is 0 Å². The van der Waals surface area contributed by atoms with Crippen molar-refractivity contribution in [3.8, 4) is 5.75 Å². The molecule has 14 heavy (non-hydrogen) atoms. The van der Waals surface area contributed by atoms with E-state index in [1.165, 1.54) is 18.2 Å². The van der Waals surface area contributed by atoms with Crippen molar-refractivity contribution in [1.29, 1.82) is 0 Å². The average Bonchev–Trinajstić information content (AvgIpc) is 2.07. The number of ether oxygens (including phenoxy) is 1. The Balaban J connectivity index is 3.01. The fourth-order valence-corrected chi connectivity index (χ4v) is 1.73. The molecular weight excluding hydrogens is 236 g/mol. The first-order valence-corrected chi connectivity index (χ1v) is 5.41. The van der Waals surface area contributed by atoms with Crippen molar-refractivity contribution >= 4 is 26.8 Å². The van der Waals surface area contributed by atoms with Gasteiger partial charge in [0.05, 0.1) is 0 Å². The van der Waals surface area contributed by atoms with Crippen molar-refractivity contribution in [2.24, 2.45) is 0 Å². The predicted octanol–water partition coefficient (Wildman–Crippen LogP) is 2.13. The quantitative estimate of drug-likeness (QED) is 0.652. The first-order valence-electron chi connectivity index (χ1n) is 3.43. The summed E-state index contributed by atoms with van der Waals surface area (Å²) in [4.78, 5) is 0.0600. The molecule has 0 saturated carbocycles. The van der Waals surface area contributed by atoms with Crippen LogP contribution in [-0.2, 0) is 10.4 Å². The lowest BCUT2D eigenvalue weighted by Gasteiger charge is -2.09. The second-order valence-electron chi connectivity index (χ2n) is 2.27. The highest BCUT2D eigenvalue weighted by Crippen LogP contribution is 2.31. The minimum Gasteiger partial charge on any atom is -0.594 e. The maximum absolute atomic E-state index is 11.8. The lowest BCUT2D eigenvalue weighted by molar-refractivity contribution is -0.0494. The third kappa shape index (κ3) is 2.63. The van der Waals surface area contributed by atoms with Gasteiger partial charge in [-0.1, -0.05) is 6.07 Å². The molecule has 1 unspecified atom stereocenters. The molecule has 0 spiro atoms. The fraction of sp³-hybridized carbons (Fsp3) is 0.143. The highest BCUT2D eigenvalue weighted by Gasteiger charge is 2.18. The minimum absolute atomic E-state index is 0.0600. The topological polar surface area (TPSA) is 58.3 Å². The molecule has 0 heterocycles. The van der Waals surface area contributed by atoms with Crippen LogP contribution in [0.4, 0.5) is 14.5 Å². The number of nitrogen functional groups attached to an aromatic ring is 1. The number of hydrogen-bond donors (Lipinski definition) is 1. The first-order chi connectivity index (χ1) is 6.52. The summed E-state index contributed by atoms with van der Waals surface area (Å²) in [5, 5.41) is 0. The standard InChI is InChI=1S/C7H6ClF2NO2S/c8-14(12)5-3-1-2-4(6(5)11)13-7(9)10/h1-3,7H,11H2. The van der Waals surface area contributed by atoms with Gasteiger partial charge in [0.25, 0.3) is 0 Å². The van der Waals surface area contributed by atoms with Gasteiger partial charge in [-0.2, -0.15) is 8.78 Å². The molecule has 0 aliphatic heterocycles. The number of alkyl halides is 2. The molecular formula is C7H6ClF2NO2S. The molecule has 0 aliphatic carbocycles. The Hall–Kier alpha value is -0.720. The molecule has 1 aromatic carbocycles. The predicted molar refractivity (Wildman–Crippen MR) is 49.7 cm³/mol. The number of rotatable bonds is 3. The van der Waals surface area contributed by atoms with Crippen molar-refractivity contribution in [3.05, 3.63) is 18.2 Å². The maximum Gasteiger partial charge on any atom is 0.387 e. The Bertz CT molecular complexity index is 325. The number of benzene rings is 1. The minimum atomic E-state index is -2.98. The number of nitrogens with two attached hydrogens (primary N) is 1. The molecule has 1 rings (SSSR count). The van der Waals surface area contributed by atoms with Crippen LogP contribution in [0.15, 0.2) is 23.1 Å². The summed E-state index contributed by atoms with van der Waals surface area (Å²) < 4.78 is 38.6. The van der Waals surface area contributed by atoms with Gasteiger partial charge >= 0.3 is 6.61 Å². The van der Waals surface area contributed by atoms with E-state index < -0.39 is 17.0 Å². The third-order valence-electron chi connectivity index (χ3n) is 1.42. The highest BCUT2D eigenvalue weighted by atomic mass is 35.7. The van der Waals surface area contributed by atoms with Crippen molar-refractivity contribution in [2.75, 3.05) is 5.73 Å². The van der Waals surface area contributed by atoms with E-state index in [-0.39, 0.29) is 16.3 Å². The second-order valence-corrected chi connectivity index (χ2v) is 4.00. The van der Waals surface area contributed by atoms with E-state index in [1.54, 1.807) is 0 Å². The van der Waals surface area contributed by atoms with Crippen LogP contribution in [0, 0.1) is 0 Å². The van der Waals surface area contributed by atoms with Gasteiger partial charge in [0.2, 0.25) is 0 Å². The summed E-state index contributed by atoms with van der Waals surface area (Å²) in [5.41, 5.74) is 5.26. The van der Waals surface area contributed by atoms with Crippen molar-refractivity contribution < 1.29 is 18.1 Å². The van der Waals surface area contributed by atoms with Crippen LogP contribution in [0.1, 0.15) is 0 Å².